The second-order valence-electron chi connectivity index (χ2n) is 8.63. The van der Waals surface area contributed by atoms with Crippen LogP contribution in [0, 0.1) is 11.8 Å². The fourth-order valence-electron chi connectivity index (χ4n) is 4.69. The zero-order valence-corrected chi connectivity index (χ0v) is 18.5. The molecule has 31 heavy (non-hydrogen) atoms. The maximum atomic E-state index is 13.0. The fourth-order valence-corrected chi connectivity index (χ4v) is 4.69. The van der Waals surface area contributed by atoms with Gasteiger partial charge in [0.2, 0.25) is 5.78 Å². The van der Waals surface area contributed by atoms with Crippen LogP contribution >= 0.6 is 0 Å². The lowest BCUT2D eigenvalue weighted by atomic mass is 9.91. The van der Waals surface area contributed by atoms with E-state index < -0.39 is 0 Å². The van der Waals surface area contributed by atoms with Crippen LogP contribution in [-0.4, -0.2) is 43.1 Å². The molecule has 2 aliphatic rings. The Hall–Kier alpha value is -2.99. The van der Waals surface area contributed by atoms with Crippen molar-refractivity contribution in [1.29, 1.82) is 0 Å². The topological polar surface area (TPSA) is 68.2 Å². The molecule has 0 amide bonds. The second-order valence-corrected chi connectivity index (χ2v) is 8.63. The molecule has 0 aromatic heterocycles. The summed E-state index contributed by atoms with van der Waals surface area (Å²) in [6.45, 7) is 7.00. The number of benzene rings is 2. The summed E-state index contributed by atoms with van der Waals surface area (Å²) in [5, 5.41) is 10.6. The van der Waals surface area contributed by atoms with Crippen LogP contribution in [0.5, 0.6) is 23.0 Å². The van der Waals surface area contributed by atoms with E-state index in [1.807, 2.05) is 6.07 Å². The molecule has 2 aromatic carbocycles. The van der Waals surface area contributed by atoms with E-state index >= 15 is 0 Å². The summed E-state index contributed by atoms with van der Waals surface area (Å²) in [4.78, 5) is 15.3. The predicted molar refractivity (Wildman–Crippen MR) is 119 cm³/mol. The molecule has 2 aromatic rings. The maximum absolute atomic E-state index is 13.0. The highest BCUT2D eigenvalue weighted by molar-refractivity contribution is 6.15. The van der Waals surface area contributed by atoms with Crippen LogP contribution in [0.4, 0.5) is 0 Å². The Morgan fingerprint density at radius 1 is 1.10 bits per heavy atom. The normalized spacial score (nSPS) is 22.3. The smallest absolute Gasteiger partial charge is 0.231 e. The minimum absolute atomic E-state index is 0.157. The molecule has 2 heterocycles. The molecule has 1 fully saturated rings. The Bertz CT molecular complexity index is 1020. The lowest BCUT2D eigenvalue weighted by Crippen LogP contribution is -2.38. The molecule has 4 rings (SSSR count). The zero-order chi connectivity index (χ0) is 22.1. The van der Waals surface area contributed by atoms with E-state index in [2.05, 4.69) is 18.7 Å². The van der Waals surface area contributed by atoms with Gasteiger partial charge >= 0.3 is 0 Å². The number of likely N-dealkylation sites (tertiary alicyclic amines) is 1. The minimum atomic E-state index is -0.189. The first-order chi connectivity index (χ1) is 14.9. The third-order valence-electron chi connectivity index (χ3n) is 5.95. The number of rotatable bonds is 5. The van der Waals surface area contributed by atoms with Crippen molar-refractivity contribution in [1.82, 2.24) is 4.90 Å². The number of hydrogen-bond donors (Lipinski definition) is 1. The third kappa shape index (κ3) is 4.26. The monoisotopic (exact) mass is 423 g/mol. The Labute approximate surface area is 183 Å². The first kappa shape index (κ1) is 21.2. The van der Waals surface area contributed by atoms with E-state index in [1.165, 1.54) is 6.42 Å². The highest BCUT2D eigenvalue weighted by Crippen LogP contribution is 2.41. The largest absolute Gasteiger partial charge is 0.507 e. The lowest BCUT2D eigenvalue weighted by Gasteiger charge is -2.35. The zero-order valence-electron chi connectivity index (χ0n) is 18.5. The van der Waals surface area contributed by atoms with Crippen LogP contribution in [0.1, 0.15) is 41.8 Å². The van der Waals surface area contributed by atoms with Crippen LogP contribution < -0.4 is 14.2 Å². The van der Waals surface area contributed by atoms with Gasteiger partial charge in [0, 0.05) is 19.6 Å². The summed E-state index contributed by atoms with van der Waals surface area (Å²) in [5.74, 6) is 3.06. The van der Waals surface area contributed by atoms with Gasteiger partial charge in [-0.15, -0.1) is 0 Å². The summed E-state index contributed by atoms with van der Waals surface area (Å²) in [5.41, 5.74) is 1.92. The number of piperidine rings is 1. The molecule has 164 valence electrons. The van der Waals surface area contributed by atoms with Gasteiger partial charge in [-0.25, -0.2) is 0 Å². The Morgan fingerprint density at radius 2 is 1.81 bits per heavy atom. The molecule has 0 spiro atoms. The van der Waals surface area contributed by atoms with Crippen LogP contribution in [0.2, 0.25) is 0 Å². The molecular weight excluding hydrogens is 394 g/mol. The second kappa shape index (κ2) is 8.63. The van der Waals surface area contributed by atoms with Crippen molar-refractivity contribution in [2.24, 2.45) is 11.8 Å². The Kier molecular flexibility index (Phi) is 5.92. The minimum Gasteiger partial charge on any atom is -0.507 e. The lowest BCUT2D eigenvalue weighted by molar-refractivity contribution is 0.101. The quantitative estimate of drug-likeness (QED) is 0.714. The maximum Gasteiger partial charge on any atom is 0.231 e. The summed E-state index contributed by atoms with van der Waals surface area (Å²) in [7, 11) is 3.15. The molecular formula is C25H29NO5. The number of phenols is 1. The third-order valence-corrected chi connectivity index (χ3v) is 5.95. The molecule has 2 atom stereocenters. The van der Waals surface area contributed by atoms with E-state index in [0.717, 1.165) is 18.7 Å². The molecule has 0 bridgehead atoms. The van der Waals surface area contributed by atoms with Gasteiger partial charge in [0.15, 0.2) is 17.3 Å². The van der Waals surface area contributed by atoms with E-state index in [0.29, 0.717) is 46.8 Å². The molecule has 0 radical (unpaired) electrons. The SMILES string of the molecule is COc1ccc(/C=C2\Oc3c(ccc(O)c3CN3C[C@@H](C)C[C@H](C)C3)C2=O)cc1OC. The molecule has 0 aliphatic carbocycles. The standard InChI is InChI=1S/C25H29NO5/c1-15-9-16(2)13-26(12-15)14-19-20(27)7-6-18-24(28)23(31-25(18)19)11-17-5-8-21(29-3)22(10-17)30-4/h5-8,10-11,15-16,27H,9,12-14H2,1-4H3/b23-11-/t15-,16-/m0/s1. The number of aromatic hydroxyl groups is 1. The first-order valence-electron chi connectivity index (χ1n) is 10.6. The number of ketones is 1. The van der Waals surface area contributed by atoms with E-state index in [4.69, 9.17) is 14.2 Å². The summed E-state index contributed by atoms with van der Waals surface area (Å²) >= 11 is 0. The van der Waals surface area contributed by atoms with Crippen molar-refractivity contribution in [3.63, 3.8) is 0 Å². The number of ether oxygens (including phenoxy) is 3. The number of phenolic OH excluding ortho intramolecular Hbond substituents is 1. The van der Waals surface area contributed by atoms with Gasteiger partial charge in [-0.05, 0) is 54.2 Å². The molecule has 2 aliphatic heterocycles. The Morgan fingerprint density at radius 3 is 2.48 bits per heavy atom. The van der Waals surface area contributed by atoms with Crippen molar-refractivity contribution in [3.05, 3.63) is 52.8 Å². The van der Waals surface area contributed by atoms with Crippen molar-refractivity contribution in [3.8, 4) is 23.0 Å². The summed E-state index contributed by atoms with van der Waals surface area (Å²) < 4.78 is 16.6. The number of hydrogen-bond acceptors (Lipinski definition) is 6. The van der Waals surface area contributed by atoms with E-state index in [-0.39, 0.29) is 17.3 Å². The number of carbonyl (C=O) groups is 1. The van der Waals surface area contributed by atoms with Gasteiger partial charge in [0.1, 0.15) is 11.5 Å². The van der Waals surface area contributed by atoms with Crippen LogP contribution in [0.15, 0.2) is 36.1 Å². The molecule has 0 saturated carbocycles. The number of fused-ring (bicyclic) bond motifs is 1. The summed E-state index contributed by atoms with van der Waals surface area (Å²) in [6, 6.07) is 8.63. The Balaban J connectivity index is 1.63. The summed E-state index contributed by atoms with van der Waals surface area (Å²) in [6.07, 6.45) is 2.90. The predicted octanol–water partition coefficient (Wildman–Crippen LogP) is 4.50. The van der Waals surface area contributed by atoms with Crippen LogP contribution in [0.25, 0.3) is 6.08 Å². The van der Waals surface area contributed by atoms with Crippen LogP contribution in [0.3, 0.4) is 0 Å². The van der Waals surface area contributed by atoms with Gasteiger partial charge in [-0.1, -0.05) is 19.9 Å². The van der Waals surface area contributed by atoms with Gasteiger partial charge < -0.3 is 19.3 Å². The highest BCUT2D eigenvalue weighted by Gasteiger charge is 2.32. The average Bonchev–Trinajstić information content (AvgIpc) is 3.05. The molecule has 1 N–H and O–H groups in total. The highest BCUT2D eigenvalue weighted by atomic mass is 16.5. The number of methoxy groups -OCH3 is 2. The van der Waals surface area contributed by atoms with E-state index in [1.54, 1.807) is 44.6 Å². The number of allylic oxidation sites excluding steroid dienone is 1. The van der Waals surface area contributed by atoms with Gasteiger partial charge in [-0.3, -0.25) is 9.69 Å². The molecule has 1 saturated heterocycles. The van der Waals surface area contributed by atoms with Crippen molar-refractivity contribution < 1.29 is 24.1 Å². The number of nitrogens with zero attached hydrogens (tertiary/aromatic N) is 1. The fraction of sp³-hybridized carbons (Fsp3) is 0.400. The molecule has 0 unspecified atom stereocenters. The van der Waals surface area contributed by atoms with Gasteiger partial charge in [0.05, 0.1) is 25.3 Å². The molecule has 6 heteroatoms. The number of Topliss-reactive ketones (excluding diaryl/α,β-unsaturated/α-hetero) is 1. The number of carbonyl (C=O) groups excluding carboxylic acids is 1. The van der Waals surface area contributed by atoms with E-state index in [9.17, 15) is 9.90 Å². The first-order valence-corrected chi connectivity index (χ1v) is 10.6. The van der Waals surface area contributed by atoms with Crippen molar-refractivity contribution in [2.75, 3.05) is 27.3 Å². The molecule has 6 nitrogen and oxygen atoms in total. The van der Waals surface area contributed by atoms with Crippen LogP contribution in [-0.2, 0) is 6.54 Å². The van der Waals surface area contributed by atoms with Crippen molar-refractivity contribution in [2.45, 2.75) is 26.8 Å². The van der Waals surface area contributed by atoms with Gasteiger partial charge in [0.25, 0.3) is 0 Å². The van der Waals surface area contributed by atoms with Gasteiger partial charge in [-0.2, -0.15) is 0 Å². The average molecular weight is 424 g/mol. The van der Waals surface area contributed by atoms with Crippen molar-refractivity contribution >= 4 is 11.9 Å².